The van der Waals surface area contributed by atoms with E-state index >= 15 is 0 Å². The van der Waals surface area contributed by atoms with Crippen LogP contribution in [0, 0.1) is 6.92 Å². The molecule has 0 saturated carbocycles. The van der Waals surface area contributed by atoms with Gasteiger partial charge in [0.25, 0.3) is 0 Å². The van der Waals surface area contributed by atoms with Gasteiger partial charge in [0.05, 0.1) is 11.0 Å². The third-order valence-electron chi connectivity index (χ3n) is 5.08. The largest absolute Gasteiger partial charge is 0.309 e. The number of aryl methyl sites for hydroxylation is 1. The number of aromatic nitrogens is 1. The first-order valence-electron chi connectivity index (χ1n) is 8.62. The van der Waals surface area contributed by atoms with Gasteiger partial charge in [0.2, 0.25) is 0 Å². The highest BCUT2D eigenvalue weighted by Gasteiger charge is 2.13. The minimum Gasteiger partial charge on any atom is -0.309 e. The Balaban J connectivity index is 2.02. The summed E-state index contributed by atoms with van der Waals surface area (Å²) in [7, 11) is 0. The Morgan fingerprint density at radius 1 is 0.750 bits per heavy atom. The van der Waals surface area contributed by atoms with Crippen LogP contribution in [0.4, 0.5) is 0 Å². The van der Waals surface area contributed by atoms with E-state index in [1.807, 2.05) is 0 Å². The van der Waals surface area contributed by atoms with Gasteiger partial charge >= 0.3 is 0 Å². The molecule has 0 spiro atoms. The van der Waals surface area contributed by atoms with E-state index in [0.717, 1.165) is 12.8 Å². The van der Waals surface area contributed by atoms with Crippen LogP contribution in [0.1, 0.15) is 18.4 Å². The van der Waals surface area contributed by atoms with Crippen molar-refractivity contribution in [3.05, 3.63) is 76.7 Å². The number of hydrogen-bond donors (Lipinski definition) is 0. The first-order chi connectivity index (χ1) is 11.8. The van der Waals surface area contributed by atoms with Crippen molar-refractivity contribution in [1.82, 2.24) is 4.57 Å². The van der Waals surface area contributed by atoms with Crippen molar-refractivity contribution in [3.8, 4) is 5.69 Å². The van der Waals surface area contributed by atoms with E-state index in [1.54, 1.807) is 0 Å². The van der Waals surface area contributed by atoms with Crippen LogP contribution in [0.15, 0.2) is 60.7 Å². The third-order valence-corrected chi connectivity index (χ3v) is 5.08. The Morgan fingerprint density at radius 2 is 1.54 bits per heavy atom. The minimum absolute atomic E-state index is 1.14. The zero-order valence-electron chi connectivity index (χ0n) is 13.8. The molecule has 0 amide bonds. The lowest BCUT2D eigenvalue weighted by Gasteiger charge is -2.08. The molecule has 1 aromatic heterocycles. The predicted molar refractivity (Wildman–Crippen MR) is 103 cm³/mol. The smallest absolute Gasteiger partial charge is 0.0547 e. The van der Waals surface area contributed by atoms with E-state index < -0.39 is 0 Å². The van der Waals surface area contributed by atoms with Crippen LogP contribution in [0.5, 0.6) is 0 Å². The monoisotopic (exact) mass is 309 g/mol. The molecule has 0 unspecified atom stereocenters. The second-order valence-corrected chi connectivity index (χ2v) is 6.64. The Morgan fingerprint density at radius 3 is 2.42 bits per heavy atom. The first-order valence-corrected chi connectivity index (χ1v) is 8.62. The fraction of sp³-hybridized carbons (Fsp3) is 0.130. The van der Waals surface area contributed by atoms with Crippen molar-refractivity contribution in [2.45, 2.75) is 19.8 Å². The second kappa shape index (κ2) is 5.10. The van der Waals surface area contributed by atoms with Gasteiger partial charge in [-0.1, -0.05) is 54.1 Å². The Labute approximate surface area is 141 Å². The van der Waals surface area contributed by atoms with Crippen LogP contribution in [0.25, 0.3) is 39.6 Å². The van der Waals surface area contributed by atoms with Crippen LogP contribution < -0.4 is 10.4 Å². The van der Waals surface area contributed by atoms with Crippen molar-refractivity contribution in [3.63, 3.8) is 0 Å². The maximum atomic E-state index is 2.41. The summed E-state index contributed by atoms with van der Waals surface area (Å²) in [6, 6.07) is 22.1. The Kier molecular flexibility index (Phi) is 2.90. The molecule has 0 fully saturated rings. The molecular weight excluding hydrogens is 290 g/mol. The molecule has 0 saturated heterocycles. The molecule has 5 rings (SSSR count). The molecule has 3 aromatic carbocycles. The number of para-hydroxylation sites is 1. The molecule has 1 aliphatic carbocycles. The molecule has 0 atom stereocenters. The van der Waals surface area contributed by atoms with E-state index in [2.05, 4.69) is 84.3 Å². The van der Waals surface area contributed by atoms with E-state index in [4.69, 9.17) is 0 Å². The molecule has 0 N–H and O–H groups in total. The molecule has 0 radical (unpaired) electrons. The number of fused-ring (bicyclic) bond motifs is 5. The highest BCUT2D eigenvalue weighted by Crippen LogP contribution is 2.29. The van der Waals surface area contributed by atoms with E-state index in [9.17, 15) is 0 Å². The quantitative estimate of drug-likeness (QED) is 0.490. The average Bonchev–Trinajstić information content (AvgIpc) is 2.97. The topological polar surface area (TPSA) is 4.93 Å². The van der Waals surface area contributed by atoms with Gasteiger partial charge in [-0.3, -0.25) is 0 Å². The summed E-state index contributed by atoms with van der Waals surface area (Å²) >= 11 is 0. The Bertz CT molecular complexity index is 1190. The molecule has 24 heavy (non-hydrogen) atoms. The summed E-state index contributed by atoms with van der Waals surface area (Å²) in [4.78, 5) is 0. The highest BCUT2D eigenvalue weighted by molar-refractivity contribution is 6.09. The van der Waals surface area contributed by atoms with E-state index in [1.165, 1.54) is 43.5 Å². The van der Waals surface area contributed by atoms with Gasteiger partial charge in [-0.05, 0) is 54.5 Å². The highest BCUT2D eigenvalue weighted by atomic mass is 15.0. The van der Waals surface area contributed by atoms with Gasteiger partial charge in [-0.25, -0.2) is 0 Å². The summed E-state index contributed by atoms with van der Waals surface area (Å²) in [5.41, 5.74) is 5.10. The summed E-state index contributed by atoms with van der Waals surface area (Å²) in [6.45, 7) is 2.14. The third kappa shape index (κ3) is 1.88. The molecule has 1 nitrogen and oxygen atoms in total. The molecular formula is C23H19N. The van der Waals surface area contributed by atoms with Crippen molar-refractivity contribution >= 4 is 34.0 Å². The van der Waals surface area contributed by atoms with Gasteiger partial charge < -0.3 is 4.57 Å². The molecule has 116 valence electrons. The molecule has 1 heteroatoms. The van der Waals surface area contributed by atoms with Gasteiger partial charge in [0.1, 0.15) is 0 Å². The van der Waals surface area contributed by atoms with Crippen LogP contribution >= 0.6 is 0 Å². The molecule has 1 heterocycles. The van der Waals surface area contributed by atoms with Crippen LogP contribution in [0.2, 0.25) is 0 Å². The number of nitrogens with zero attached hydrogens (tertiary/aromatic N) is 1. The number of hydrogen-bond acceptors (Lipinski definition) is 0. The predicted octanol–water partition coefficient (Wildman–Crippen LogP) is 4.45. The molecule has 4 aromatic rings. The Hall–Kier alpha value is -2.80. The van der Waals surface area contributed by atoms with Gasteiger partial charge in [-0.15, -0.1) is 0 Å². The summed E-state index contributed by atoms with van der Waals surface area (Å²) in [5, 5.41) is 5.51. The van der Waals surface area contributed by atoms with Crippen molar-refractivity contribution in [2.24, 2.45) is 0 Å². The molecule has 1 aliphatic rings. The van der Waals surface area contributed by atoms with Gasteiger partial charge in [0, 0.05) is 16.5 Å². The zero-order chi connectivity index (χ0) is 16.1. The van der Waals surface area contributed by atoms with Gasteiger partial charge in [-0.2, -0.15) is 0 Å². The van der Waals surface area contributed by atoms with Crippen LogP contribution in [-0.4, -0.2) is 4.57 Å². The van der Waals surface area contributed by atoms with Crippen molar-refractivity contribution in [1.29, 1.82) is 0 Å². The fourth-order valence-electron chi connectivity index (χ4n) is 3.94. The van der Waals surface area contributed by atoms with Crippen LogP contribution in [0.3, 0.4) is 0 Å². The second-order valence-electron chi connectivity index (χ2n) is 6.64. The van der Waals surface area contributed by atoms with Crippen LogP contribution in [-0.2, 0) is 0 Å². The number of benzene rings is 3. The summed E-state index contributed by atoms with van der Waals surface area (Å²) in [5.74, 6) is 0. The lowest BCUT2D eigenvalue weighted by molar-refractivity contribution is 1.12. The zero-order valence-corrected chi connectivity index (χ0v) is 13.8. The van der Waals surface area contributed by atoms with E-state index in [0.29, 0.717) is 0 Å². The number of rotatable bonds is 1. The average molecular weight is 309 g/mol. The van der Waals surface area contributed by atoms with Gasteiger partial charge in [0.15, 0.2) is 0 Å². The first kappa shape index (κ1) is 13.6. The van der Waals surface area contributed by atoms with Crippen molar-refractivity contribution < 1.29 is 0 Å². The lowest BCUT2D eigenvalue weighted by Crippen LogP contribution is -2.26. The minimum atomic E-state index is 1.14. The summed E-state index contributed by atoms with van der Waals surface area (Å²) < 4.78 is 2.40. The summed E-state index contributed by atoms with van der Waals surface area (Å²) in [6.07, 6.45) is 7.06. The maximum absolute atomic E-state index is 2.41. The lowest BCUT2D eigenvalue weighted by atomic mass is 10.0. The molecule has 0 aliphatic heterocycles. The maximum Gasteiger partial charge on any atom is 0.0547 e. The standard InChI is InChI=1S/C23H19N/c1-16-10-13-18(14-11-16)24-21-9-5-4-8-20(21)23-19-7-3-2-6-17(19)12-15-22(23)24/h4-15H,2-3H2,1H3. The van der Waals surface area contributed by atoms with Crippen molar-refractivity contribution in [2.75, 3.05) is 0 Å². The molecule has 0 bridgehead atoms. The van der Waals surface area contributed by atoms with E-state index in [-0.39, 0.29) is 0 Å². The SMILES string of the molecule is Cc1ccc(-n2c3ccccc3c3c4c(ccc32)=CCCC=4)cc1. The fourth-order valence-corrected chi connectivity index (χ4v) is 3.94. The normalized spacial score (nSPS) is 13.5.